The molecule has 0 atom stereocenters. The van der Waals surface area contributed by atoms with Crippen molar-refractivity contribution in [3.63, 3.8) is 0 Å². The lowest BCUT2D eigenvalue weighted by molar-refractivity contribution is -0.392. The van der Waals surface area contributed by atoms with E-state index < -0.39 is 97.3 Å². The summed E-state index contributed by atoms with van der Waals surface area (Å²) in [4.78, 5) is 16.4. The second kappa shape index (κ2) is 13.1. The third-order valence-corrected chi connectivity index (χ3v) is 11.0. The Balaban J connectivity index is 1.53. The van der Waals surface area contributed by atoms with Crippen LogP contribution in [0.4, 0.5) is 39.5 Å². The molecule has 0 aliphatic heterocycles. The Morgan fingerprint density at radius 1 is 0.816 bits per heavy atom. The van der Waals surface area contributed by atoms with E-state index in [0.717, 1.165) is 42.5 Å². The van der Waals surface area contributed by atoms with E-state index in [1.165, 1.54) is 12.4 Å². The largest absolute Gasteiger partial charge is 0.430 e. The van der Waals surface area contributed by atoms with Gasteiger partial charge in [0.2, 0.25) is 5.91 Å². The van der Waals surface area contributed by atoms with Gasteiger partial charge in [0.05, 0.1) is 11.5 Å². The Bertz CT molecular complexity index is 1880. The second-order valence-electron chi connectivity index (χ2n) is 11.4. The summed E-state index contributed by atoms with van der Waals surface area (Å²) < 4.78 is 159. The molecule has 1 aliphatic rings. The lowest BCUT2D eigenvalue weighted by atomic mass is 9.69. The van der Waals surface area contributed by atoms with Crippen LogP contribution in [0.1, 0.15) is 35.1 Å². The fourth-order valence-corrected chi connectivity index (χ4v) is 8.03. The second-order valence-corrected chi connectivity index (χ2v) is 13.6. The molecule has 1 N–H and O–H groups in total. The number of rotatable bonds is 10. The quantitative estimate of drug-likeness (QED) is 0.136. The van der Waals surface area contributed by atoms with Crippen LogP contribution in [0.25, 0.3) is 0 Å². The van der Waals surface area contributed by atoms with Crippen molar-refractivity contribution in [3.05, 3.63) is 131 Å². The van der Waals surface area contributed by atoms with Gasteiger partial charge in [-0.1, -0.05) is 30.3 Å². The van der Waals surface area contributed by atoms with Gasteiger partial charge in [-0.25, -0.2) is 21.6 Å². The molecule has 0 saturated heterocycles. The molecule has 0 unspecified atom stereocenters. The first-order valence-electron chi connectivity index (χ1n) is 14.4. The zero-order valence-corrected chi connectivity index (χ0v) is 25.8. The predicted octanol–water partition coefficient (Wildman–Crippen LogP) is 7.43. The number of carbonyl (C=O) groups excluding carboxylic acids is 1. The van der Waals surface area contributed by atoms with Crippen LogP contribution in [0.2, 0.25) is 0 Å². The average Bonchev–Trinajstić information content (AvgIpc) is 3.01. The van der Waals surface area contributed by atoms with Gasteiger partial charge >= 0.3 is 12.4 Å². The van der Waals surface area contributed by atoms with Crippen molar-refractivity contribution in [1.29, 1.82) is 0 Å². The van der Waals surface area contributed by atoms with Gasteiger partial charge in [0.15, 0.2) is 9.84 Å². The number of ether oxygens (including phenoxy) is 1. The number of pyridine rings is 1. The van der Waals surface area contributed by atoms with Crippen molar-refractivity contribution >= 4 is 15.7 Å². The van der Waals surface area contributed by atoms with Gasteiger partial charge in [0.25, 0.3) is 5.60 Å². The van der Waals surface area contributed by atoms with Crippen LogP contribution in [0.5, 0.6) is 0 Å². The summed E-state index contributed by atoms with van der Waals surface area (Å²) in [7, 11) is -4.54. The molecule has 1 fully saturated rings. The minimum atomic E-state index is -6.22. The molecule has 1 amide bonds. The molecule has 5 rings (SSSR count). The molecular weight excluding hydrogens is 691 g/mol. The van der Waals surface area contributed by atoms with Gasteiger partial charge in [-0.05, 0) is 72.5 Å². The maximum absolute atomic E-state index is 14.4. The standard InChI is InChI=1S/C33H25F9N2O4S/c34-24-8-10-25(11-9-24)49(46,47)30(16-21(17-30)29(45)44-18-20-12-14-43-15-13-20)22-4-6-23(7-5-22)31(32(37,38)39,33(40,41)42)48-19-26-27(35)2-1-3-28(26)36/h1-15,21H,16-19H2,(H,44,45). The van der Waals surface area contributed by atoms with E-state index in [1.807, 2.05) is 0 Å². The Morgan fingerprint density at radius 2 is 1.37 bits per heavy atom. The smallest absolute Gasteiger partial charge is 0.352 e. The molecule has 4 aromatic rings. The number of sulfone groups is 1. The molecule has 0 bridgehead atoms. The summed E-state index contributed by atoms with van der Waals surface area (Å²) >= 11 is 0. The fraction of sp³-hybridized carbons (Fsp3) is 0.273. The summed E-state index contributed by atoms with van der Waals surface area (Å²) in [5.41, 5.74) is -7.39. The van der Waals surface area contributed by atoms with E-state index in [9.17, 15) is 52.7 Å². The number of nitrogens with one attached hydrogen (secondary N) is 1. The Morgan fingerprint density at radius 3 is 1.90 bits per heavy atom. The first kappa shape index (κ1) is 35.9. The van der Waals surface area contributed by atoms with E-state index >= 15 is 0 Å². The molecule has 16 heteroatoms. The molecule has 1 aromatic heterocycles. The number of nitrogens with zero attached hydrogens (tertiary/aromatic N) is 1. The highest BCUT2D eigenvalue weighted by atomic mass is 32.2. The molecule has 1 saturated carbocycles. The number of alkyl halides is 6. The van der Waals surface area contributed by atoms with Gasteiger partial charge < -0.3 is 10.1 Å². The zero-order valence-electron chi connectivity index (χ0n) is 25.0. The maximum Gasteiger partial charge on any atom is 0.430 e. The van der Waals surface area contributed by atoms with E-state index in [0.29, 0.717) is 29.8 Å². The highest BCUT2D eigenvalue weighted by Gasteiger charge is 2.73. The molecule has 6 nitrogen and oxygen atoms in total. The highest BCUT2D eigenvalue weighted by molar-refractivity contribution is 7.92. The van der Waals surface area contributed by atoms with Gasteiger partial charge in [0, 0.05) is 36.0 Å². The van der Waals surface area contributed by atoms with Crippen LogP contribution < -0.4 is 5.32 Å². The molecule has 49 heavy (non-hydrogen) atoms. The number of carbonyl (C=O) groups is 1. The van der Waals surface area contributed by atoms with E-state index in [-0.39, 0.29) is 12.1 Å². The van der Waals surface area contributed by atoms with E-state index in [1.54, 1.807) is 12.1 Å². The third-order valence-electron chi connectivity index (χ3n) is 8.49. The van der Waals surface area contributed by atoms with Crippen LogP contribution in [0.3, 0.4) is 0 Å². The summed E-state index contributed by atoms with van der Waals surface area (Å²) in [6, 6.07) is 11.2. The monoisotopic (exact) mass is 716 g/mol. The van der Waals surface area contributed by atoms with Crippen molar-refractivity contribution in [2.45, 2.75) is 53.6 Å². The van der Waals surface area contributed by atoms with Crippen LogP contribution in [-0.4, -0.2) is 31.7 Å². The number of halogens is 9. The van der Waals surface area contributed by atoms with Crippen molar-refractivity contribution in [2.75, 3.05) is 0 Å². The molecular formula is C33H25F9N2O4S. The van der Waals surface area contributed by atoms with Crippen LogP contribution in [-0.2, 0) is 42.9 Å². The first-order valence-corrected chi connectivity index (χ1v) is 15.9. The first-order chi connectivity index (χ1) is 22.9. The van der Waals surface area contributed by atoms with Crippen molar-refractivity contribution in [1.82, 2.24) is 10.3 Å². The van der Waals surface area contributed by atoms with E-state index in [4.69, 9.17) is 0 Å². The van der Waals surface area contributed by atoms with E-state index in [2.05, 4.69) is 15.0 Å². The predicted molar refractivity (Wildman–Crippen MR) is 155 cm³/mol. The van der Waals surface area contributed by atoms with Gasteiger partial charge in [-0.15, -0.1) is 0 Å². The highest BCUT2D eigenvalue weighted by Crippen LogP contribution is 2.56. The average molecular weight is 717 g/mol. The fourth-order valence-electron chi connectivity index (χ4n) is 5.80. The number of benzene rings is 3. The van der Waals surface area contributed by atoms with Crippen LogP contribution in [0.15, 0.2) is 96.2 Å². The van der Waals surface area contributed by atoms with Crippen molar-refractivity contribution in [3.8, 4) is 0 Å². The van der Waals surface area contributed by atoms with Crippen molar-refractivity contribution < 1.29 is 57.5 Å². The van der Waals surface area contributed by atoms with Gasteiger partial charge in [0.1, 0.15) is 22.2 Å². The summed E-state index contributed by atoms with van der Waals surface area (Å²) in [5, 5.41) is 2.66. The third kappa shape index (κ3) is 6.50. The van der Waals surface area contributed by atoms with Crippen molar-refractivity contribution in [2.24, 2.45) is 5.92 Å². The summed E-state index contributed by atoms with van der Waals surface area (Å²) in [6.07, 6.45) is -10.3. The molecule has 0 radical (unpaired) electrons. The summed E-state index contributed by atoms with van der Waals surface area (Å²) in [5.74, 6) is -5.14. The molecule has 1 heterocycles. The number of aromatic nitrogens is 1. The Kier molecular flexibility index (Phi) is 9.60. The Labute approximate surface area is 273 Å². The topological polar surface area (TPSA) is 85.4 Å². The minimum Gasteiger partial charge on any atom is -0.352 e. The molecule has 1 aliphatic carbocycles. The molecule has 0 spiro atoms. The van der Waals surface area contributed by atoms with Gasteiger partial charge in [-0.2, -0.15) is 26.3 Å². The minimum absolute atomic E-state index is 0.0675. The Hall–Kier alpha value is -4.44. The molecule has 3 aromatic carbocycles. The SMILES string of the molecule is O=C(NCc1ccncc1)C1CC(c2ccc(C(OCc3c(F)cccc3F)(C(F)(F)F)C(F)(F)F)cc2)(S(=O)(=O)c2ccc(F)cc2)C1. The zero-order chi connectivity index (χ0) is 35.8. The lowest BCUT2D eigenvalue weighted by Crippen LogP contribution is -2.56. The lowest BCUT2D eigenvalue weighted by Gasteiger charge is -2.46. The number of hydrogen-bond acceptors (Lipinski definition) is 5. The number of amides is 1. The van der Waals surface area contributed by atoms with Gasteiger partial charge in [-0.3, -0.25) is 9.78 Å². The van der Waals surface area contributed by atoms with Crippen LogP contribution in [0, 0.1) is 23.4 Å². The molecule has 260 valence electrons. The maximum atomic E-state index is 14.4. The normalized spacial score (nSPS) is 18.5. The summed E-state index contributed by atoms with van der Waals surface area (Å²) in [6.45, 7) is -1.70. The van der Waals surface area contributed by atoms with Crippen LogP contribution >= 0.6 is 0 Å². The number of hydrogen-bond donors (Lipinski definition) is 1.